The zero-order valence-electron chi connectivity index (χ0n) is 12.5. The second kappa shape index (κ2) is 7.49. The molecule has 3 atom stereocenters. The number of hydrogen-bond donors (Lipinski definition) is 1. The summed E-state index contributed by atoms with van der Waals surface area (Å²) in [7, 11) is 2.14. The van der Waals surface area contributed by atoms with Crippen LogP contribution in [-0.4, -0.2) is 37.6 Å². The lowest BCUT2D eigenvalue weighted by atomic mass is 9.98. The summed E-state index contributed by atoms with van der Waals surface area (Å²) in [5, 5.41) is 3.51. The Kier molecular flexibility index (Phi) is 5.97. The molecule has 2 heteroatoms. The molecule has 0 radical (unpaired) electrons. The van der Waals surface area contributed by atoms with Gasteiger partial charge in [0.15, 0.2) is 0 Å². The second-order valence-corrected chi connectivity index (χ2v) is 6.42. The fraction of sp³-hybridized carbons (Fsp3) is 1.00. The molecule has 1 heterocycles. The first kappa shape index (κ1) is 14.3. The van der Waals surface area contributed by atoms with Gasteiger partial charge in [-0.2, -0.15) is 0 Å². The van der Waals surface area contributed by atoms with Crippen LogP contribution in [0.2, 0.25) is 0 Å². The molecule has 0 amide bonds. The first-order valence-electron chi connectivity index (χ1n) is 8.23. The van der Waals surface area contributed by atoms with Gasteiger partial charge in [-0.05, 0) is 77.0 Å². The fourth-order valence-corrected chi connectivity index (χ4v) is 3.97. The lowest BCUT2D eigenvalue weighted by molar-refractivity contribution is 0.247. The van der Waals surface area contributed by atoms with Gasteiger partial charge in [0, 0.05) is 6.04 Å². The number of nitrogens with zero attached hydrogens (tertiary/aromatic N) is 1. The molecule has 106 valence electrons. The topological polar surface area (TPSA) is 15.3 Å². The van der Waals surface area contributed by atoms with Crippen molar-refractivity contribution in [2.45, 2.75) is 64.3 Å². The van der Waals surface area contributed by atoms with E-state index in [-0.39, 0.29) is 0 Å². The van der Waals surface area contributed by atoms with Gasteiger partial charge in [0.2, 0.25) is 0 Å². The lowest BCUT2D eigenvalue weighted by Crippen LogP contribution is -2.33. The molecule has 2 fully saturated rings. The summed E-state index contributed by atoms with van der Waals surface area (Å²) < 4.78 is 0. The first-order valence-corrected chi connectivity index (χ1v) is 8.23. The van der Waals surface area contributed by atoms with Gasteiger partial charge in [-0.15, -0.1) is 0 Å². The van der Waals surface area contributed by atoms with Crippen LogP contribution in [0.1, 0.15) is 58.3 Å². The maximum atomic E-state index is 3.51. The number of rotatable bonds is 5. The fourth-order valence-electron chi connectivity index (χ4n) is 3.97. The van der Waals surface area contributed by atoms with Gasteiger partial charge in [-0.25, -0.2) is 0 Å². The van der Waals surface area contributed by atoms with E-state index < -0.39 is 0 Å². The lowest BCUT2D eigenvalue weighted by Gasteiger charge is -2.24. The van der Waals surface area contributed by atoms with Crippen LogP contribution in [0.5, 0.6) is 0 Å². The monoisotopic (exact) mass is 252 g/mol. The van der Waals surface area contributed by atoms with Crippen LogP contribution in [0.15, 0.2) is 0 Å². The van der Waals surface area contributed by atoms with Gasteiger partial charge in [0.1, 0.15) is 0 Å². The summed E-state index contributed by atoms with van der Waals surface area (Å²) >= 11 is 0. The van der Waals surface area contributed by atoms with Gasteiger partial charge in [0.05, 0.1) is 0 Å². The number of likely N-dealkylation sites (tertiary alicyclic amines) is 1. The molecule has 2 rings (SSSR count). The molecular weight excluding hydrogens is 220 g/mol. The predicted molar refractivity (Wildman–Crippen MR) is 78.9 cm³/mol. The van der Waals surface area contributed by atoms with Crippen molar-refractivity contribution >= 4 is 0 Å². The normalized spacial score (nSPS) is 34.7. The maximum absolute atomic E-state index is 3.51. The van der Waals surface area contributed by atoms with Crippen molar-refractivity contribution in [2.75, 3.05) is 26.7 Å². The number of nitrogens with one attached hydrogen (secondary N) is 1. The third-order valence-electron chi connectivity index (χ3n) is 5.36. The highest BCUT2D eigenvalue weighted by atomic mass is 15.1. The molecule has 0 aromatic carbocycles. The van der Waals surface area contributed by atoms with E-state index in [2.05, 4.69) is 24.2 Å². The minimum Gasteiger partial charge on any atom is -0.317 e. The Balaban J connectivity index is 1.69. The Morgan fingerprint density at radius 1 is 1.06 bits per heavy atom. The summed E-state index contributed by atoms with van der Waals surface area (Å²) in [6.07, 6.45) is 11.4. The predicted octanol–water partition coefficient (Wildman–Crippen LogP) is 3.28. The number of hydrogen-bond acceptors (Lipinski definition) is 2. The van der Waals surface area contributed by atoms with Crippen molar-refractivity contribution < 1.29 is 0 Å². The van der Waals surface area contributed by atoms with E-state index in [1.807, 2.05) is 0 Å². The Hall–Kier alpha value is -0.0800. The minimum absolute atomic E-state index is 0.806. The molecule has 2 nitrogen and oxygen atoms in total. The summed E-state index contributed by atoms with van der Waals surface area (Å²) in [6, 6.07) is 0.806. The van der Waals surface area contributed by atoms with Crippen molar-refractivity contribution in [3.8, 4) is 0 Å². The quantitative estimate of drug-likeness (QED) is 0.808. The molecule has 2 aliphatic rings. The standard InChI is InChI=1S/C16H32N2/c1-3-14-6-5-11-18(12-9-14)13-10-15-7-4-8-16(15)17-2/h14-17H,3-13H2,1-2H3. The molecule has 1 N–H and O–H groups in total. The van der Waals surface area contributed by atoms with Crippen LogP contribution >= 0.6 is 0 Å². The van der Waals surface area contributed by atoms with E-state index in [0.717, 1.165) is 17.9 Å². The zero-order valence-corrected chi connectivity index (χ0v) is 12.5. The third-order valence-corrected chi connectivity index (χ3v) is 5.36. The van der Waals surface area contributed by atoms with Gasteiger partial charge >= 0.3 is 0 Å². The van der Waals surface area contributed by atoms with E-state index in [9.17, 15) is 0 Å². The van der Waals surface area contributed by atoms with Crippen molar-refractivity contribution in [1.29, 1.82) is 0 Å². The van der Waals surface area contributed by atoms with E-state index in [0.29, 0.717) is 0 Å². The Morgan fingerprint density at radius 2 is 1.94 bits per heavy atom. The van der Waals surface area contributed by atoms with Gasteiger partial charge in [-0.3, -0.25) is 0 Å². The average molecular weight is 252 g/mol. The van der Waals surface area contributed by atoms with E-state index >= 15 is 0 Å². The highest BCUT2D eigenvalue weighted by Gasteiger charge is 2.26. The van der Waals surface area contributed by atoms with Gasteiger partial charge in [-0.1, -0.05) is 19.8 Å². The van der Waals surface area contributed by atoms with Crippen LogP contribution in [0.3, 0.4) is 0 Å². The summed E-state index contributed by atoms with van der Waals surface area (Å²) in [6.45, 7) is 6.42. The van der Waals surface area contributed by atoms with Crippen LogP contribution in [-0.2, 0) is 0 Å². The molecule has 1 aliphatic heterocycles. The average Bonchev–Trinajstić information content (AvgIpc) is 2.73. The highest BCUT2D eigenvalue weighted by Crippen LogP contribution is 2.29. The van der Waals surface area contributed by atoms with E-state index in [1.165, 1.54) is 71.0 Å². The zero-order chi connectivity index (χ0) is 12.8. The van der Waals surface area contributed by atoms with Crippen molar-refractivity contribution in [2.24, 2.45) is 11.8 Å². The van der Waals surface area contributed by atoms with Crippen LogP contribution in [0.4, 0.5) is 0 Å². The highest BCUT2D eigenvalue weighted by molar-refractivity contribution is 4.83. The minimum atomic E-state index is 0.806. The Morgan fingerprint density at radius 3 is 2.72 bits per heavy atom. The molecule has 0 aromatic rings. The molecule has 0 spiro atoms. The SMILES string of the molecule is CCC1CCCN(CCC2CCCC2NC)CC1. The Bertz CT molecular complexity index is 229. The smallest absolute Gasteiger partial charge is 0.00928 e. The summed E-state index contributed by atoms with van der Waals surface area (Å²) in [4.78, 5) is 2.74. The second-order valence-electron chi connectivity index (χ2n) is 6.42. The Labute approximate surface area is 114 Å². The first-order chi connectivity index (χ1) is 8.83. The van der Waals surface area contributed by atoms with Crippen LogP contribution in [0.25, 0.3) is 0 Å². The molecular formula is C16H32N2. The molecule has 18 heavy (non-hydrogen) atoms. The van der Waals surface area contributed by atoms with Crippen LogP contribution < -0.4 is 5.32 Å². The molecule has 3 unspecified atom stereocenters. The molecule has 1 saturated carbocycles. The van der Waals surface area contributed by atoms with Gasteiger partial charge in [0.25, 0.3) is 0 Å². The van der Waals surface area contributed by atoms with E-state index in [4.69, 9.17) is 0 Å². The van der Waals surface area contributed by atoms with Crippen molar-refractivity contribution in [3.05, 3.63) is 0 Å². The van der Waals surface area contributed by atoms with Gasteiger partial charge < -0.3 is 10.2 Å². The molecule has 0 aromatic heterocycles. The molecule has 1 aliphatic carbocycles. The van der Waals surface area contributed by atoms with Crippen LogP contribution in [0, 0.1) is 11.8 Å². The molecule has 0 bridgehead atoms. The summed E-state index contributed by atoms with van der Waals surface area (Å²) in [5.74, 6) is 1.95. The third kappa shape index (κ3) is 3.96. The summed E-state index contributed by atoms with van der Waals surface area (Å²) in [5.41, 5.74) is 0. The van der Waals surface area contributed by atoms with Crippen molar-refractivity contribution in [1.82, 2.24) is 10.2 Å². The largest absolute Gasteiger partial charge is 0.317 e. The van der Waals surface area contributed by atoms with E-state index in [1.54, 1.807) is 0 Å². The molecule has 1 saturated heterocycles. The maximum Gasteiger partial charge on any atom is 0.00928 e. The van der Waals surface area contributed by atoms with Crippen molar-refractivity contribution in [3.63, 3.8) is 0 Å².